The SMILES string of the molecule is Cc1ccc(CNC(=O)CN2C(=O)NC(CC(C)C)(c3ccccc3)C2=O)cc1. The second-order valence-electron chi connectivity index (χ2n) is 7.95. The predicted octanol–water partition coefficient (Wildman–Crippen LogP) is 3.10. The molecule has 29 heavy (non-hydrogen) atoms. The number of carbonyl (C=O) groups excluding carboxylic acids is 3. The third-order valence-electron chi connectivity index (χ3n) is 5.07. The lowest BCUT2D eigenvalue weighted by molar-refractivity contribution is -0.135. The fourth-order valence-corrected chi connectivity index (χ4v) is 3.66. The highest BCUT2D eigenvalue weighted by Gasteiger charge is 2.52. The van der Waals surface area contributed by atoms with Crippen LogP contribution in [0, 0.1) is 12.8 Å². The first-order chi connectivity index (χ1) is 13.8. The highest BCUT2D eigenvalue weighted by Crippen LogP contribution is 2.35. The fraction of sp³-hybridized carbons (Fsp3) is 0.348. The molecule has 0 spiro atoms. The molecular formula is C23H27N3O3. The molecule has 6 nitrogen and oxygen atoms in total. The van der Waals surface area contributed by atoms with Gasteiger partial charge in [0, 0.05) is 6.54 Å². The Morgan fingerprint density at radius 1 is 1.07 bits per heavy atom. The van der Waals surface area contributed by atoms with Gasteiger partial charge in [-0.25, -0.2) is 4.79 Å². The van der Waals surface area contributed by atoms with Crippen LogP contribution in [0.4, 0.5) is 4.79 Å². The van der Waals surface area contributed by atoms with Crippen LogP contribution in [0.3, 0.4) is 0 Å². The van der Waals surface area contributed by atoms with Crippen LogP contribution in [-0.4, -0.2) is 29.3 Å². The summed E-state index contributed by atoms with van der Waals surface area (Å²) in [5.41, 5.74) is 1.69. The number of hydrogen-bond acceptors (Lipinski definition) is 3. The van der Waals surface area contributed by atoms with Gasteiger partial charge in [0.15, 0.2) is 0 Å². The highest BCUT2D eigenvalue weighted by molar-refractivity contribution is 6.09. The van der Waals surface area contributed by atoms with Gasteiger partial charge >= 0.3 is 6.03 Å². The van der Waals surface area contributed by atoms with Crippen molar-refractivity contribution in [1.82, 2.24) is 15.5 Å². The number of imide groups is 1. The quantitative estimate of drug-likeness (QED) is 0.710. The summed E-state index contributed by atoms with van der Waals surface area (Å²) < 4.78 is 0. The standard InChI is InChI=1S/C23H27N3O3/c1-16(2)13-23(19-7-5-4-6-8-19)21(28)26(22(29)25-23)15-20(27)24-14-18-11-9-17(3)10-12-18/h4-12,16H,13-15H2,1-3H3,(H,24,27)(H,25,29). The van der Waals surface area contributed by atoms with Crippen molar-refractivity contribution >= 4 is 17.8 Å². The minimum atomic E-state index is -1.14. The molecule has 1 aliphatic rings. The van der Waals surface area contributed by atoms with E-state index in [1.807, 2.05) is 75.4 Å². The Morgan fingerprint density at radius 2 is 1.72 bits per heavy atom. The van der Waals surface area contributed by atoms with Gasteiger partial charge in [0.2, 0.25) is 5.91 Å². The first-order valence-electron chi connectivity index (χ1n) is 9.84. The van der Waals surface area contributed by atoms with Gasteiger partial charge in [0.1, 0.15) is 12.1 Å². The number of nitrogens with zero attached hydrogens (tertiary/aromatic N) is 1. The molecule has 1 saturated heterocycles. The normalized spacial score (nSPS) is 18.8. The number of aryl methyl sites for hydroxylation is 1. The van der Waals surface area contributed by atoms with Crippen LogP contribution in [0.1, 0.15) is 37.0 Å². The summed E-state index contributed by atoms with van der Waals surface area (Å²) in [5, 5.41) is 5.64. The molecule has 4 amide bonds. The van der Waals surface area contributed by atoms with Crippen LogP contribution in [0.2, 0.25) is 0 Å². The van der Waals surface area contributed by atoms with E-state index in [1.165, 1.54) is 0 Å². The van der Waals surface area contributed by atoms with Gasteiger partial charge < -0.3 is 10.6 Å². The molecule has 2 aromatic carbocycles. The Balaban J connectivity index is 1.73. The zero-order valence-corrected chi connectivity index (χ0v) is 17.1. The number of nitrogens with one attached hydrogen (secondary N) is 2. The largest absolute Gasteiger partial charge is 0.350 e. The molecule has 152 valence electrons. The minimum Gasteiger partial charge on any atom is -0.350 e. The highest BCUT2D eigenvalue weighted by atomic mass is 16.2. The molecule has 1 fully saturated rings. The minimum absolute atomic E-state index is 0.176. The molecule has 0 radical (unpaired) electrons. The van der Waals surface area contributed by atoms with Crippen LogP contribution in [0.5, 0.6) is 0 Å². The lowest BCUT2D eigenvalue weighted by atomic mass is 9.82. The van der Waals surface area contributed by atoms with Crippen molar-refractivity contribution in [2.45, 2.75) is 39.3 Å². The lowest BCUT2D eigenvalue weighted by Gasteiger charge is -2.29. The second-order valence-corrected chi connectivity index (χ2v) is 7.95. The average Bonchev–Trinajstić information content (AvgIpc) is 2.93. The molecule has 0 bridgehead atoms. The Bertz CT molecular complexity index is 893. The van der Waals surface area contributed by atoms with E-state index in [-0.39, 0.29) is 24.3 Å². The molecule has 6 heteroatoms. The molecule has 1 heterocycles. The Hall–Kier alpha value is -3.15. The maximum absolute atomic E-state index is 13.3. The van der Waals surface area contributed by atoms with E-state index in [0.29, 0.717) is 13.0 Å². The number of benzene rings is 2. The number of rotatable bonds is 7. The molecule has 3 rings (SSSR count). The summed E-state index contributed by atoms with van der Waals surface area (Å²) in [6, 6.07) is 16.5. The smallest absolute Gasteiger partial charge is 0.325 e. The number of amides is 4. The average molecular weight is 393 g/mol. The first-order valence-corrected chi connectivity index (χ1v) is 9.84. The zero-order valence-electron chi connectivity index (χ0n) is 17.1. The van der Waals surface area contributed by atoms with Crippen molar-refractivity contribution in [2.75, 3.05) is 6.54 Å². The fourth-order valence-electron chi connectivity index (χ4n) is 3.66. The molecule has 1 aliphatic heterocycles. The molecule has 2 aromatic rings. The molecule has 1 unspecified atom stereocenters. The number of hydrogen-bond donors (Lipinski definition) is 2. The van der Waals surface area contributed by atoms with Gasteiger partial charge in [-0.05, 0) is 30.4 Å². The maximum atomic E-state index is 13.3. The topological polar surface area (TPSA) is 78.5 Å². The van der Waals surface area contributed by atoms with Crippen molar-refractivity contribution in [3.8, 4) is 0 Å². The maximum Gasteiger partial charge on any atom is 0.325 e. The summed E-state index contributed by atoms with van der Waals surface area (Å²) in [6.07, 6.45) is 0.461. The van der Waals surface area contributed by atoms with Crippen molar-refractivity contribution in [1.29, 1.82) is 0 Å². The van der Waals surface area contributed by atoms with E-state index >= 15 is 0 Å². The van der Waals surface area contributed by atoms with Crippen molar-refractivity contribution in [3.05, 3.63) is 71.3 Å². The summed E-state index contributed by atoms with van der Waals surface area (Å²) in [5.74, 6) is -0.579. The Labute approximate surface area is 171 Å². The molecule has 0 saturated carbocycles. The predicted molar refractivity (Wildman–Crippen MR) is 111 cm³/mol. The van der Waals surface area contributed by atoms with Crippen LogP contribution in [0.15, 0.2) is 54.6 Å². The monoisotopic (exact) mass is 393 g/mol. The van der Waals surface area contributed by atoms with Crippen molar-refractivity contribution in [3.63, 3.8) is 0 Å². The summed E-state index contributed by atoms with van der Waals surface area (Å²) in [7, 11) is 0. The summed E-state index contributed by atoms with van der Waals surface area (Å²) in [6.45, 7) is 6.04. The van der Waals surface area contributed by atoms with Crippen LogP contribution in [0.25, 0.3) is 0 Å². The van der Waals surface area contributed by atoms with Gasteiger partial charge in [0.25, 0.3) is 5.91 Å². The number of carbonyl (C=O) groups is 3. The molecule has 0 aliphatic carbocycles. The van der Waals surface area contributed by atoms with Crippen LogP contribution in [-0.2, 0) is 21.7 Å². The van der Waals surface area contributed by atoms with E-state index in [4.69, 9.17) is 0 Å². The van der Waals surface area contributed by atoms with E-state index in [9.17, 15) is 14.4 Å². The second kappa shape index (κ2) is 8.47. The molecular weight excluding hydrogens is 366 g/mol. The Kier molecular flexibility index (Phi) is 6.01. The van der Waals surface area contributed by atoms with Crippen LogP contribution < -0.4 is 10.6 Å². The van der Waals surface area contributed by atoms with E-state index < -0.39 is 11.6 Å². The van der Waals surface area contributed by atoms with E-state index in [1.54, 1.807) is 0 Å². The van der Waals surface area contributed by atoms with Gasteiger partial charge in [0.05, 0.1) is 0 Å². The van der Waals surface area contributed by atoms with Gasteiger partial charge in [-0.1, -0.05) is 74.0 Å². The van der Waals surface area contributed by atoms with Crippen LogP contribution >= 0.6 is 0 Å². The van der Waals surface area contributed by atoms with Crippen molar-refractivity contribution in [2.24, 2.45) is 5.92 Å². The molecule has 2 N–H and O–H groups in total. The first kappa shape index (κ1) is 20.6. The van der Waals surface area contributed by atoms with Gasteiger partial charge in [-0.15, -0.1) is 0 Å². The Morgan fingerprint density at radius 3 is 2.34 bits per heavy atom. The third kappa shape index (κ3) is 4.47. The zero-order chi connectivity index (χ0) is 21.0. The molecule has 1 atom stereocenters. The molecule has 0 aromatic heterocycles. The van der Waals surface area contributed by atoms with Gasteiger partial charge in [-0.3, -0.25) is 14.5 Å². The van der Waals surface area contributed by atoms with E-state index in [0.717, 1.165) is 21.6 Å². The van der Waals surface area contributed by atoms with Gasteiger partial charge in [-0.2, -0.15) is 0 Å². The summed E-state index contributed by atoms with van der Waals surface area (Å²) in [4.78, 5) is 39.3. The number of urea groups is 1. The third-order valence-corrected chi connectivity index (χ3v) is 5.07. The van der Waals surface area contributed by atoms with Crippen molar-refractivity contribution < 1.29 is 14.4 Å². The van der Waals surface area contributed by atoms with E-state index in [2.05, 4.69) is 10.6 Å². The lowest BCUT2D eigenvalue weighted by Crippen LogP contribution is -2.46. The summed E-state index contributed by atoms with van der Waals surface area (Å²) >= 11 is 0.